The van der Waals surface area contributed by atoms with Crippen LogP contribution in [0.2, 0.25) is 0 Å². The molecule has 0 N–H and O–H groups in total. The van der Waals surface area contributed by atoms with Crippen molar-refractivity contribution < 1.29 is 14.3 Å². The van der Waals surface area contributed by atoms with Crippen molar-refractivity contribution in [3.05, 3.63) is 40.9 Å². The number of aromatic nitrogens is 1. The van der Waals surface area contributed by atoms with Crippen LogP contribution in [0.15, 0.2) is 29.8 Å². The van der Waals surface area contributed by atoms with Gasteiger partial charge in [0.25, 0.3) is 5.91 Å². The Morgan fingerprint density at radius 3 is 2.54 bits per heavy atom. The topological polar surface area (TPSA) is 54.9 Å². The number of rotatable bonds is 5. The zero-order chi connectivity index (χ0) is 18.5. The van der Waals surface area contributed by atoms with Gasteiger partial charge in [0.1, 0.15) is 0 Å². The molecule has 26 heavy (non-hydrogen) atoms. The number of amides is 1. The molecule has 0 atom stereocenters. The highest BCUT2D eigenvalue weighted by Crippen LogP contribution is 2.34. The minimum Gasteiger partial charge on any atom is -0.493 e. The number of carbonyl (C=O) groups excluding carboxylic acids is 1. The maximum Gasteiger partial charge on any atom is 0.254 e. The first-order chi connectivity index (χ1) is 12.7. The molecule has 0 unspecified atom stereocenters. The maximum atomic E-state index is 13.0. The molecule has 0 aliphatic carbocycles. The monoisotopic (exact) mass is 373 g/mol. The zero-order valence-electron chi connectivity index (χ0n) is 15.3. The second kappa shape index (κ2) is 8.23. The van der Waals surface area contributed by atoms with Crippen molar-refractivity contribution in [3.63, 3.8) is 0 Å². The van der Waals surface area contributed by atoms with Gasteiger partial charge in [-0.05, 0) is 19.1 Å². The summed E-state index contributed by atoms with van der Waals surface area (Å²) in [6.07, 6.45) is 5.64. The van der Waals surface area contributed by atoms with E-state index in [9.17, 15) is 4.79 Å². The molecule has 2 aromatic rings. The Labute approximate surface area is 157 Å². The Morgan fingerprint density at radius 2 is 1.96 bits per heavy atom. The van der Waals surface area contributed by atoms with Crippen molar-refractivity contribution in [2.75, 3.05) is 45.3 Å². The van der Waals surface area contributed by atoms with Crippen LogP contribution in [-0.2, 0) is 0 Å². The quantitative estimate of drug-likeness (QED) is 0.806. The molecule has 1 aliphatic rings. The standard InChI is InChI=1S/C19H23N3O3S/c1-4-5-14-12-15(13-16(24-2)17(14)25-3)18(23)21-7-9-22(10-8-21)19-20-6-11-26-19/h4-6,11-13H,7-10H2,1-3H3/b5-4+. The Balaban J connectivity index is 1.78. The van der Waals surface area contributed by atoms with E-state index in [4.69, 9.17) is 9.47 Å². The lowest BCUT2D eigenvalue weighted by Gasteiger charge is -2.34. The molecule has 0 saturated carbocycles. The molecule has 0 spiro atoms. The van der Waals surface area contributed by atoms with Crippen LogP contribution in [0.5, 0.6) is 11.5 Å². The highest BCUT2D eigenvalue weighted by atomic mass is 32.1. The van der Waals surface area contributed by atoms with Crippen LogP contribution in [0.3, 0.4) is 0 Å². The summed E-state index contributed by atoms with van der Waals surface area (Å²) in [5.41, 5.74) is 1.44. The number of benzene rings is 1. The third-order valence-electron chi connectivity index (χ3n) is 4.36. The van der Waals surface area contributed by atoms with Crippen molar-refractivity contribution in [2.45, 2.75) is 6.92 Å². The zero-order valence-corrected chi connectivity index (χ0v) is 16.1. The molecule has 1 aromatic heterocycles. The Bertz CT molecular complexity index is 782. The van der Waals surface area contributed by atoms with Crippen LogP contribution >= 0.6 is 11.3 Å². The van der Waals surface area contributed by atoms with Crippen LogP contribution in [0.25, 0.3) is 6.08 Å². The van der Waals surface area contributed by atoms with Gasteiger partial charge in [-0.15, -0.1) is 11.3 Å². The van der Waals surface area contributed by atoms with Crippen molar-refractivity contribution in [1.82, 2.24) is 9.88 Å². The number of hydrogen-bond acceptors (Lipinski definition) is 6. The molecular weight excluding hydrogens is 350 g/mol. The van der Waals surface area contributed by atoms with Gasteiger partial charge in [-0.3, -0.25) is 4.79 Å². The first-order valence-corrected chi connectivity index (χ1v) is 9.38. The van der Waals surface area contributed by atoms with Crippen LogP contribution < -0.4 is 14.4 Å². The number of methoxy groups -OCH3 is 2. The molecule has 2 heterocycles. The summed E-state index contributed by atoms with van der Waals surface area (Å²) in [4.78, 5) is 21.4. The minimum absolute atomic E-state index is 0.00972. The molecule has 1 saturated heterocycles. The number of anilines is 1. The molecule has 0 radical (unpaired) electrons. The fourth-order valence-electron chi connectivity index (χ4n) is 3.08. The van der Waals surface area contributed by atoms with E-state index in [-0.39, 0.29) is 5.91 Å². The highest BCUT2D eigenvalue weighted by Gasteiger charge is 2.24. The van der Waals surface area contributed by atoms with Crippen LogP contribution in [0.1, 0.15) is 22.8 Å². The molecule has 1 aliphatic heterocycles. The first-order valence-electron chi connectivity index (χ1n) is 8.50. The molecular formula is C19H23N3O3S. The number of nitrogens with zero attached hydrogens (tertiary/aromatic N) is 3. The second-order valence-corrected chi connectivity index (χ2v) is 6.77. The van der Waals surface area contributed by atoms with E-state index in [1.807, 2.05) is 41.6 Å². The van der Waals surface area contributed by atoms with Crippen molar-refractivity contribution in [2.24, 2.45) is 0 Å². The average molecular weight is 373 g/mol. The summed E-state index contributed by atoms with van der Waals surface area (Å²) in [7, 11) is 3.18. The lowest BCUT2D eigenvalue weighted by Crippen LogP contribution is -2.48. The smallest absolute Gasteiger partial charge is 0.254 e. The first kappa shape index (κ1) is 18.3. The number of piperazine rings is 1. The normalized spacial score (nSPS) is 14.7. The summed E-state index contributed by atoms with van der Waals surface area (Å²) in [6.45, 7) is 4.85. The van der Waals surface area contributed by atoms with E-state index in [0.717, 1.165) is 23.8 Å². The third kappa shape index (κ3) is 3.67. The number of carbonyl (C=O) groups is 1. The summed E-state index contributed by atoms with van der Waals surface area (Å²) in [6, 6.07) is 3.61. The third-order valence-corrected chi connectivity index (χ3v) is 5.19. The van der Waals surface area contributed by atoms with Crippen LogP contribution in [0.4, 0.5) is 5.13 Å². The average Bonchev–Trinajstić information content (AvgIpc) is 3.22. The van der Waals surface area contributed by atoms with Gasteiger partial charge in [0, 0.05) is 48.9 Å². The van der Waals surface area contributed by atoms with Gasteiger partial charge < -0.3 is 19.3 Å². The summed E-state index contributed by atoms with van der Waals surface area (Å²) in [5, 5.41) is 2.98. The molecule has 138 valence electrons. The SMILES string of the molecule is C/C=C/c1cc(C(=O)N2CCN(c3nccs3)CC2)cc(OC)c1OC. The van der Waals surface area contributed by atoms with Crippen molar-refractivity contribution in [1.29, 1.82) is 0 Å². The number of thiazole rings is 1. The van der Waals surface area contributed by atoms with Crippen LogP contribution in [0, 0.1) is 0 Å². The molecule has 1 fully saturated rings. The summed E-state index contributed by atoms with van der Waals surface area (Å²) in [5.74, 6) is 1.21. The van der Waals surface area contributed by atoms with Gasteiger partial charge in [-0.1, -0.05) is 12.2 Å². The van der Waals surface area contributed by atoms with Crippen molar-refractivity contribution in [3.8, 4) is 11.5 Å². The Hall–Kier alpha value is -2.54. The van der Waals surface area contributed by atoms with Gasteiger partial charge in [0.2, 0.25) is 0 Å². The molecule has 6 nitrogen and oxygen atoms in total. The maximum absolute atomic E-state index is 13.0. The predicted molar refractivity (Wildman–Crippen MR) is 104 cm³/mol. The van der Waals surface area contributed by atoms with E-state index in [1.165, 1.54) is 0 Å². The molecule has 1 amide bonds. The van der Waals surface area contributed by atoms with Gasteiger partial charge in [0.15, 0.2) is 16.6 Å². The number of hydrogen-bond donors (Lipinski definition) is 0. The van der Waals surface area contributed by atoms with Crippen molar-refractivity contribution >= 4 is 28.5 Å². The number of ether oxygens (including phenoxy) is 2. The minimum atomic E-state index is 0.00972. The van der Waals surface area contributed by atoms with E-state index < -0.39 is 0 Å². The van der Waals surface area contributed by atoms with E-state index in [0.29, 0.717) is 30.2 Å². The van der Waals surface area contributed by atoms with Gasteiger partial charge in [0.05, 0.1) is 14.2 Å². The fourth-order valence-corrected chi connectivity index (χ4v) is 3.77. The van der Waals surface area contributed by atoms with E-state index in [1.54, 1.807) is 31.6 Å². The Kier molecular flexibility index (Phi) is 5.78. The fraction of sp³-hybridized carbons (Fsp3) is 0.368. The van der Waals surface area contributed by atoms with Gasteiger partial charge >= 0.3 is 0 Å². The Morgan fingerprint density at radius 1 is 1.19 bits per heavy atom. The lowest BCUT2D eigenvalue weighted by atomic mass is 10.1. The van der Waals surface area contributed by atoms with Gasteiger partial charge in [-0.2, -0.15) is 0 Å². The predicted octanol–water partition coefficient (Wildman–Crippen LogP) is 3.16. The lowest BCUT2D eigenvalue weighted by molar-refractivity contribution is 0.0746. The molecule has 0 bridgehead atoms. The molecule has 3 rings (SSSR count). The molecule has 1 aromatic carbocycles. The summed E-state index contributed by atoms with van der Waals surface area (Å²) < 4.78 is 10.9. The van der Waals surface area contributed by atoms with E-state index >= 15 is 0 Å². The summed E-state index contributed by atoms with van der Waals surface area (Å²) >= 11 is 1.63. The van der Waals surface area contributed by atoms with E-state index in [2.05, 4.69) is 9.88 Å². The second-order valence-electron chi connectivity index (χ2n) is 5.89. The van der Waals surface area contributed by atoms with Crippen LogP contribution in [-0.4, -0.2) is 56.2 Å². The highest BCUT2D eigenvalue weighted by molar-refractivity contribution is 7.13. The largest absolute Gasteiger partial charge is 0.493 e. The molecule has 7 heteroatoms. The number of allylic oxidation sites excluding steroid dienone is 1. The van der Waals surface area contributed by atoms with Gasteiger partial charge in [-0.25, -0.2) is 4.98 Å².